The number of hydrogen-bond acceptors (Lipinski definition) is 2. The van der Waals surface area contributed by atoms with Gasteiger partial charge in [0.2, 0.25) is 0 Å². The highest BCUT2D eigenvalue weighted by atomic mass is 16.5. The maximum atomic E-state index is 5.86. The summed E-state index contributed by atoms with van der Waals surface area (Å²) in [6.07, 6.45) is 3.93. The monoisotopic (exact) mass is 153 g/mol. The molecule has 3 rings (SSSR count). The molecule has 4 atom stereocenters. The lowest BCUT2D eigenvalue weighted by Crippen LogP contribution is -2.24. The molecule has 3 saturated heterocycles. The van der Waals surface area contributed by atoms with Crippen molar-refractivity contribution in [1.82, 2.24) is 4.90 Å². The van der Waals surface area contributed by atoms with Crippen molar-refractivity contribution in [1.29, 1.82) is 0 Å². The van der Waals surface area contributed by atoms with Gasteiger partial charge in [-0.1, -0.05) is 0 Å². The zero-order chi connectivity index (χ0) is 7.42. The topological polar surface area (TPSA) is 12.5 Å². The van der Waals surface area contributed by atoms with Gasteiger partial charge in [-0.15, -0.1) is 0 Å². The molecule has 2 heteroatoms. The second-order valence-electron chi connectivity index (χ2n) is 4.34. The first kappa shape index (κ1) is 6.44. The Morgan fingerprint density at radius 3 is 2.18 bits per heavy atom. The van der Waals surface area contributed by atoms with Crippen molar-refractivity contribution in [2.75, 3.05) is 20.1 Å². The van der Waals surface area contributed by atoms with Gasteiger partial charge >= 0.3 is 0 Å². The summed E-state index contributed by atoms with van der Waals surface area (Å²) >= 11 is 0. The van der Waals surface area contributed by atoms with Crippen LogP contribution >= 0.6 is 0 Å². The highest BCUT2D eigenvalue weighted by molar-refractivity contribution is 5.01. The van der Waals surface area contributed by atoms with Gasteiger partial charge < -0.3 is 9.64 Å². The van der Waals surface area contributed by atoms with Crippen LogP contribution in [0.2, 0.25) is 0 Å². The first-order chi connectivity index (χ1) is 5.34. The fraction of sp³-hybridized carbons (Fsp3) is 1.00. The van der Waals surface area contributed by atoms with Gasteiger partial charge in [0.15, 0.2) is 0 Å². The van der Waals surface area contributed by atoms with Crippen LogP contribution in [-0.2, 0) is 4.74 Å². The Labute approximate surface area is 67.5 Å². The van der Waals surface area contributed by atoms with Crippen molar-refractivity contribution in [3.63, 3.8) is 0 Å². The highest BCUT2D eigenvalue weighted by Crippen LogP contribution is 2.46. The van der Waals surface area contributed by atoms with Crippen LogP contribution in [0.15, 0.2) is 0 Å². The SMILES string of the molecule is CN1C[C@H]2[C@H](C1)[C@H]1CC[C@H]2O1. The lowest BCUT2D eigenvalue weighted by Gasteiger charge is -2.18. The molecule has 2 bridgehead atoms. The van der Waals surface area contributed by atoms with Crippen molar-refractivity contribution in [3.05, 3.63) is 0 Å². The van der Waals surface area contributed by atoms with Crippen molar-refractivity contribution in [3.8, 4) is 0 Å². The molecule has 2 nitrogen and oxygen atoms in total. The molecule has 0 aromatic rings. The summed E-state index contributed by atoms with van der Waals surface area (Å²) in [6, 6.07) is 0. The van der Waals surface area contributed by atoms with Crippen LogP contribution in [0.4, 0.5) is 0 Å². The standard InChI is InChI=1S/C9H15NO/c1-10-4-6-7(5-10)9-3-2-8(6)11-9/h6-9H,2-5H2,1H3/t6-,7-,8+,9+/m0/s1. The number of likely N-dealkylation sites (tertiary alicyclic amines) is 1. The Morgan fingerprint density at radius 1 is 1.09 bits per heavy atom. The van der Waals surface area contributed by atoms with E-state index >= 15 is 0 Å². The predicted octanol–water partition coefficient (Wildman–Crippen LogP) is 0.725. The summed E-state index contributed by atoms with van der Waals surface area (Å²) in [4.78, 5) is 2.46. The van der Waals surface area contributed by atoms with Crippen molar-refractivity contribution in [2.24, 2.45) is 11.8 Å². The van der Waals surface area contributed by atoms with Crippen LogP contribution in [0.1, 0.15) is 12.8 Å². The number of hydrogen-bond donors (Lipinski definition) is 0. The third-order valence-electron chi connectivity index (χ3n) is 3.64. The average Bonchev–Trinajstić information content (AvgIpc) is 2.53. The van der Waals surface area contributed by atoms with E-state index in [9.17, 15) is 0 Å². The van der Waals surface area contributed by atoms with Gasteiger partial charge in [-0.25, -0.2) is 0 Å². The molecular weight excluding hydrogens is 138 g/mol. The minimum Gasteiger partial charge on any atom is -0.374 e. The van der Waals surface area contributed by atoms with Gasteiger partial charge in [0.1, 0.15) is 0 Å². The predicted molar refractivity (Wildman–Crippen MR) is 42.4 cm³/mol. The van der Waals surface area contributed by atoms with Crippen LogP contribution < -0.4 is 0 Å². The zero-order valence-corrected chi connectivity index (χ0v) is 6.99. The Bertz CT molecular complexity index is 164. The highest BCUT2D eigenvalue weighted by Gasteiger charge is 2.52. The molecule has 3 fully saturated rings. The first-order valence-corrected chi connectivity index (χ1v) is 4.68. The van der Waals surface area contributed by atoms with E-state index in [1.807, 2.05) is 0 Å². The third-order valence-corrected chi connectivity index (χ3v) is 3.64. The van der Waals surface area contributed by atoms with E-state index in [0.717, 1.165) is 11.8 Å². The first-order valence-electron chi connectivity index (χ1n) is 4.68. The molecule has 0 unspecified atom stereocenters. The van der Waals surface area contributed by atoms with Gasteiger partial charge in [-0.2, -0.15) is 0 Å². The Hall–Kier alpha value is -0.0800. The largest absolute Gasteiger partial charge is 0.374 e. The molecule has 0 radical (unpaired) electrons. The van der Waals surface area contributed by atoms with Crippen LogP contribution in [0.5, 0.6) is 0 Å². The molecule has 62 valence electrons. The number of ether oxygens (including phenoxy) is 1. The average molecular weight is 153 g/mol. The second kappa shape index (κ2) is 1.99. The molecule has 0 N–H and O–H groups in total. The summed E-state index contributed by atoms with van der Waals surface area (Å²) < 4.78 is 5.86. The van der Waals surface area contributed by atoms with Gasteiger partial charge in [0, 0.05) is 24.9 Å². The van der Waals surface area contributed by atoms with E-state index in [0.29, 0.717) is 12.2 Å². The van der Waals surface area contributed by atoms with E-state index in [4.69, 9.17) is 4.74 Å². The Kier molecular flexibility index (Phi) is 1.16. The quantitative estimate of drug-likeness (QED) is 0.508. The summed E-state index contributed by atoms with van der Waals surface area (Å²) in [5.41, 5.74) is 0. The van der Waals surface area contributed by atoms with Crippen molar-refractivity contribution < 1.29 is 4.74 Å². The maximum Gasteiger partial charge on any atom is 0.0624 e. The van der Waals surface area contributed by atoms with Crippen molar-refractivity contribution >= 4 is 0 Å². The second-order valence-corrected chi connectivity index (χ2v) is 4.34. The smallest absolute Gasteiger partial charge is 0.0624 e. The molecular formula is C9H15NO. The van der Waals surface area contributed by atoms with Crippen LogP contribution in [0.3, 0.4) is 0 Å². The molecule has 0 aromatic heterocycles. The fourth-order valence-corrected chi connectivity index (χ4v) is 3.17. The lowest BCUT2D eigenvalue weighted by molar-refractivity contribution is 0.0735. The maximum absolute atomic E-state index is 5.86. The number of nitrogens with zero attached hydrogens (tertiary/aromatic N) is 1. The summed E-state index contributed by atoms with van der Waals surface area (Å²) in [6.45, 7) is 2.57. The summed E-state index contributed by atoms with van der Waals surface area (Å²) in [5.74, 6) is 1.78. The van der Waals surface area contributed by atoms with E-state index in [-0.39, 0.29) is 0 Å². The van der Waals surface area contributed by atoms with E-state index in [1.54, 1.807) is 0 Å². The van der Waals surface area contributed by atoms with E-state index in [1.165, 1.54) is 25.9 Å². The molecule has 0 aliphatic carbocycles. The Morgan fingerprint density at radius 2 is 1.64 bits per heavy atom. The summed E-state index contributed by atoms with van der Waals surface area (Å²) in [5, 5.41) is 0. The molecule has 3 aliphatic heterocycles. The zero-order valence-electron chi connectivity index (χ0n) is 6.99. The normalized spacial score (nSPS) is 55.4. The molecule has 0 saturated carbocycles. The van der Waals surface area contributed by atoms with E-state index < -0.39 is 0 Å². The molecule has 11 heavy (non-hydrogen) atoms. The van der Waals surface area contributed by atoms with Crippen LogP contribution in [0.25, 0.3) is 0 Å². The van der Waals surface area contributed by atoms with Crippen molar-refractivity contribution in [2.45, 2.75) is 25.0 Å². The molecule has 3 aliphatic rings. The molecule has 0 aromatic carbocycles. The molecule has 0 amide bonds. The molecule has 3 heterocycles. The minimum absolute atomic E-state index is 0.634. The number of fused-ring (bicyclic) bond motifs is 5. The summed E-state index contributed by atoms with van der Waals surface area (Å²) in [7, 11) is 2.23. The minimum atomic E-state index is 0.634. The number of rotatable bonds is 0. The third kappa shape index (κ3) is 0.744. The van der Waals surface area contributed by atoms with Crippen LogP contribution in [-0.4, -0.2) is 37.2 Å². The lowest BCUT2D eigenvalue weighted by atomic mass is 9.82. The van der Waals surface area contributed by atoms with Crippen LogP contribution in [0, 0.1) is 11.8 Å². The van der Waals surface area contributed by atoms with Gasteiger partial charge in [0.05, 0.1) is 12.2 Å². The van der Waals surface area contributed by atoms with Gasteiger partial charge in [-0.05, 0) is 19.9 Å². The van der Waals surface area contributed by atoms with Gasteiger partial charge in [0.25, 0.3) is 0 Å². The van der Waals surface area contributed by atoms with Gasteiger partial charge in [-0.3, -0.25) is 0 Å². The van der Waals surface area contributed by atoms with E-state index in [2.05, 4.69) is 11.9 Å². The Balaban J connectivity index is 1.87. The molecule has 0 spiro atoms. The fourth-order valence-electron chi connectivity index (χ4n) is 3.17.